The van der Waals surface area contributed by atoms with Crippen LogP contribution in [0.3, 0.4) is 0 Å². The van der Waals surface area contributed by atoms with Crippen LogP contribution in [0.15, 0.2) is 318 Å². The van der Waals surface area contributed by atoms with Crippen molar-refractivity contribution in [3.05, 3.63) is 320 Å². The first kappa shape index (κ1) is 41.2. The van der Waals surface area contributed by atoms with E-state index in [0.29, 0.717) is 139 Å². The van der Waals surface area contributed by atoms with Gasteiger partial charge in [-0.1, -0.05) is 224 Å². The minimum absolute atomic E-state index is 0.00858. The molecule has 0 aliphatic rings. The summed E-state index contributed by atoms with van der Waals surface area (Å²) in [6, 6.07) is 61.4. The van der Waals surface area contributed by atoms with Gasteiger partial charge >= 0.3 is 0 Å². The molecule has 0 saturated carbocycles. The van der Waals surface area contributed by atoms with E-state index in [1.165, 1.54) is 0 Å². The van der Waals surface area contributed by atoms with Crippen molar-refractivity contribution in [2.45, 2.75) is 0 Å². The molecule has 97 heavy (non-hydrogen) atoms. The molecule has 6 aromatic heterocycles. The van der Waals surface area contributed by atoms with Crippen LogP contribution in [0.5, 0.6) is 0 Å². The van der Waals surface area contributed by atoms with E-state index in [9.17, 15) is 9.31 Å². The second kappa shape index (κ2) is 21.3. The Bertz CT molecular complexity index is 7470. The molecular weight excluding hydrogens is 1190 g/mol. The third kappa shape index (κ3) is 8.27. The minimum atomic E-state index is -0.564. The van der Waals surface area contributed by atoms with Crippen molar-refractivity contribution < 1.29 is 29.4 Å². The Morgan fingerprint density at radius 1 is 0.299 bits per heavy atom. The maximum Gasteiger partial charge on any atom is 0.213 e. The highest BCUT2D eigenvalue weighted by Gasteiger charge is 2.33. The van der Waals surface area contributed by atoms with Gasteiger partial charge in [0, 0.05) is 59.8 Å². The predicted octanol–water partition coefficient (Wildman–Crippen LogP) is 23.5. The molecule has 0 amide bonds. The lowest BCUT2D eigenvalue weighted by Crippen LogP contribution is -2.12. The number of aromatic nitrogens is 6. The average molecular weight is 1250 g/mol. The Kier molecular flexibility index (Phi) is 9.06. The van der Waals surface area contributed by atoms with Gasteiger partial charge in [-0.15, -0.1) is 0 Å². The van der Waals surface area contributed by atoms with Crippen LogP contribution in [0.4, 0.5) is 5.69 Å². The molecule has 0 aliphatic carbocycles. The molecule has 14 aromatic carbocycles. The maximum absolute atomic E-state index is 9.86. The summed E-state index contributed by atoms with van der Waals surface area (Å²) in [6.07, 6.45) is 0. The third-order valence-electron chi connectivity index (χ3n) is 18.5. The van der Waals surface area contributed by atoms with Gasteiger partial charge < -0.3 is 22.5 Å². The van der Waals surface area contributed by atoms with Crippen LogP contribution >= 0.6 is 0 Å². The van der Waals surface area contributed by atoms with Gasteiger partial charge in [0.25, 0.3) is 0 Å². The Morgan fingerprint density at radius 3 is 1.20 bits per heavy atom. The molecule has 0 unspecified atom stereocenters. The van der Waals surface area contributed by atoms with Crippen molar-refractivity contribution in [3.63, 3.8) is 0 Å². The summed E-state index contributed by atoms with van der Waals surface area (Å²) in [5, 5.41) is 6.48. The first-order valence-corrected chi connectivity index (χ1v) is 31.3. The van der Waals surface area contributed by atoms with Crippen molar-refractivity contribution in [2.75, 3.05) is 0 Å². The highest BCUT2D eigenvalue weighted by Crippen LogP contribution is 2.52. The lowest BCUT2D eigenvalue weighted by atomic mass is 10.0. The highest BCUT2D eigenvalue weighted by atomic mass is 16.3. The van der Waals surface area contributed by atoms with Gasteiger partial charge in [0.15, 0.2) is 17.5 Å². The SMILES string of the molecule is [2H]c1c([2H])c([2H])c(-c2ccc3oc4c(ccc5c4c4cc(-c6c([2H])c([2H])c([2H])c([2H])c6[2H])ccc4n5-c4c([N+]#[C-])cc(-c5nc(-c6ccccc6)nc(-c6ccccc6)n5)c(-n5c6ccccc6c6c7oc8ccc(-c9c([2H])c([2H])c([2H])c([2H])c9[2H])cc8c7ccc65)c4-n4c5ccccc5c5ccccc54)c3c2)c([2H])c1[2H]. The van der Waals surface area contributed by atoms with Crippen LogP contribution in [0.25, 0.3) is 199 Å². The number of furan rings is 2. The minimum Gasteiger partial charge on any atom is -0.455 e. The van der Waals surface area contributed by atoms with Gasteiger partial charge in [0.05, 0.1) is 88.1 Å². The van der Waals surface area contributed by atoms with E-state index in [-0.39, 0.29) is 57.9 Å². The first-order chi connectivity index (χ1) is 54.3. The van der Waals surface area contributed by atoms with E-state index in [1.807, 2.05) is 162 Å². The van der Waals surface area contributed by atoms with Crippen LogP contribution in [0, 0.1) is 6.57 Å². The van der Waals surface area contributed by atoms with Gasteiger partial charge in [-0.05, 0) is 118 Å². The lowest BCUT2D eigenvalue weighted by Gasteiger charge is -2.26. The fourth-order valence-corrected chi connectivity index (χ4v) is 14.4. The van der Waals surface area contributed by atoms with Crippen LogP contribution in [-0.2, 0) is 0 Å². The van der Waals surface area contributed by atoms with Crippen molar-refractivity contribution in [1.29, 1.82) is 0 Å². The Labute approximate surface area is 575 Å². The molecule has 450 valence electrons. The van der Waals surface area contributed by atoms with Crippen LogP contribution in [0.1, 0.15) is 20.6 Å². The molecule has 0 fully saturated rings. The van der Waals surface area contributed by atoms with Crippen LogP contribution in [-0.4, -0.2) is 28.7 Å². The van der Waals surface area contributed by atoms with Crippen LogP contribution in [0.2, 0.25) is 0 Å². The summed E-state index contributed by atoms with van der Waals surface area (Å²) in [5.41, 5.74) is 9.48. The second-order valence-electron chi connectivity index (χ2n) is 23.7. The van der Waals surface area contributed by atoms with E-state index < -0.39 is 66.5 Å². The number of hydrogen-bond donors (Lipinski definition) is 0. The topological polar surface area (TPSA) is 84.1 Å². The smallest absolute Gasteiger partial charge is 0.213 e. The first-order valence-electron chi connectivity index (χ1n) is 38.8. The quantitative estimate of drug-likeness (QED) is 0.134. The molecular formula is C88H51N7O2. The molecule has 20 aromatic rings. The fraction of sp³-hybridized carbons (Fsp3) is 0. The Hall–Kier alpha value is -13.4. The number of benzene rings is 14. The monoisotopic (exact) mass is 1250 g/mol. The summed E-state index contributed by atoms with van der Waals surface area (Å²) in [4.78, 5) is 20.8. The van der Waals surface area contributed by atoms with Gasteiger partial charge in [-0.25, -0.2) is 19.8 Å². The molecule has 0 atom stereocenters. The summed E-state index contributed by atoms with van der Waals surface area (Å²) >= 11 is 0. The molecule has 9 nitrogen and oxygen atoms in total. The molecule has 0 spiro atoms. The largest absolute Gasteiger partial charge is 0.455 e. The third-order valence-corrected chi connectivity index (χ3v) is 18.5. The molecule has 0 bridgehead atoms. The zero-order valence-corrected chi connectivity index (χ0v) is 50.7. The Morgan fingerprint density at radius 2 is 0.691 bits per heavy atom. The summed E-state index contributed by atoms with van der Waals surface area (Å²) in [6.45, 7) is 9.86. The molecule has 0 aliphatic heterocycles. The summed E-state index contributed by atoms with van der Waals surface area (Å²) in [7, 11) is 0. The molecule has 0 saturated heterocycles. The van der Waals surface area contributed by atoms with E-state index in [2.05, 4.69) is 26.1 Å². The van der Waals surface area contributed by atoms with Crippen molar-refractivity contribution in [3.8, 4) is 84.6 Å². The number of fused-ring (bicyclic) bond motifs is 17. The fourth-order valence-electron chi connectivity index (χ4n) is 14.4. The molecule has 9 heteroatoms. The number of hydrogen-bond acceptors (Lipinski definition) is 5. The van der Waals surface area contributed by atoms with E-state index in [4.69, 9.17) is 41.6 Å². The Balaban J connectivity index is 0.982. The lowest BCUT2D eigenvalue weighted by molar-refractivity contribution is 0.672. The van der Waals surface area contributed by atoms with Gasteiger partial charge in [-0.2, -0.15) is 0 Å². The van der Waals surface area contributed by atoms with Gasteiger partial charge in [0.2, 0.25) is 5.69 Å². The maximum atomic E-state index is 9.86. The predicted molar refractivity (Wildman–Crippen MR) is 396 cm³/mol. The second-order valence-corrected chi connectivity index (χ2v) is 23.7. The number of rotatable bonds is 9. The van der Waals surface area contributed by atoms with Crippen LogP contribution < -0.4 is 0 Å². The zero-order valence-electron chi connectivity index (χ0n) is 65.7. The van der Waals surface area contributed by atoms with E-state index >= 15 is 0 Å². The van der Waals surface area contributed by atoms with Crippen molar-refractivity contribution in [2.24, 2.45) is 0 Å². The summed E-state index contributed by atoms with van der Waals surface area (Å²) in [5.74, 6) is 0.864. The van der Waals surface area contributed by atoms with Crippen molar-refractivity contribution >= 4 is 115 Å². The number of para-hydroxylation sites is 3. The van der Waals surface area contributed by atoms with E-state index in [0.717, 1.165) is 27.2 Å². The zero-order chi connectivity index (χ0) is 76.9. The van der Waals surface area contributed by atoms with Gasteiger partial charge in [0.1, 0.15) is 22.3 Å². The summed E-state index contributed by atoms with van der Waals surface area (Å²) < 4.78 is 153. The number of nitrogens with zero attached hydrogens (tertiary/aromatic N) is 7. The standard InChI is InChI=1S/C88H51N7O2/c1-89-70-52-69(88-91-86(56-29-13-5-14-30-56)90-87(92-88)57-31-15-6-16-32-57)81(94-73-38-22-19-35-65(73)79-75(94)45-42-63-66-49-59(54-25-9-3-10-26-54)40-47-77(66)96-84(63)79)83(93-71-36-20-17-33-61(71)62-34-18-21-37-72(62)93)82(70)95-74-44-39-58(53-23-7-2-8-24-53)51-68(74)80-76(95)46-43-64-67-50-60(55-27-11-4-12-28-55)41-48-78(67)97-85(64)80/h2-52H/i2D,3D,4D,7D,8D,9D,10D,11D,12D,23D,24D,25D,26D,27D,28D. The molecule has 6 heterocycles. The van der Waals surface area contributed by atoms with E-state index in [1.54, 1.807) is 48.5 Å². The highest BCUT2D eigenvalue weighted by molar-refractivity contribution is 6.27. The molecule has 0 N–H and O–H groups in total. The van der Waals surface area contributed by atoms with Crippen molar-refractivity contribution in [1.82, 2.24) is 28.7 Å². The normalized spacial score (nSPS) is 14.1. The van der Waals surface area contributed by atoms with Gasteiger partial charge in [-0.3, -0.25) is 0 Å². The molecule has 0 radical (unpaired) electrons. The average Bonchev–Trinajstić information content (AvgIpc) is 1.53. The molecule has 20 rings (SSSR count).